The van der Waals surface area contributed by atoms with Crippen molar-refractivity contribution in [1.29, 1.82) is 0 Å². The molecule has 0 spiro atoms. The number of benzene rings is 1. The van der Waals surface area contributed by atoms with Gasteiger partial charge in [-0.25, -0.2) is 0 Å². The highest BCUT2D eigenvalue weighted by Crippen LogP contribution is 2.37. The Balaban J connectivity index is 0.00000169. The van der Waals surface area contributed by atoms with Crippen LogP contribution in [0.25, 0.3) is 11.5 Å². The van der Waals surface area contributed by atoms with E-state index in [4.69, 9.17) is 10.3 Å². The summed E-state index contributed by atoms with van der Waals surface area (Å²) in [6.45, 7) is 3.37. The van der Waals surface area contributed by atoms with E-state index >= 15 is 0 Å². The molecule has 2 heterocycles. The summed E-state index contributed by atoms with van der Waals surface area (Å²) >= 11 is 2.04. The van der Waals surface area contributed by atoms with Gasteiger partial charge in [0.25, 0.3) is 5.89 Å². The largest absolute Gasteiger partial charge is 0.334 e. The van der Waals surface area contributed by atoms with Gasteiger partial charge in [0.2, 0.25) is 0 Å². The Morgan fingerprint density at radius 1 is 1.17 bits per heavy atom. The van der Waals surface area contributed by atoms with Crippen LogP contribution in [0.1, 0.15) is 30.7 Å². The van der Waals surface area contributed by atoms with Crippen molar-refractivity contribution < 1.29 is 4.52 Å². The molecular formula is C17H23ClN4OS. The van der Waals surface area contributed by atoms with Crippen molar-refractivity contribution in [3.05, 3.63) is 35.7 Å². The van der Waals surface area contributed by atoms with Crippen molar-refractivity contribution in [1.82, 2.24) is 15.0 Å². The third-order valence-corrected chi connectivity index (χ3v) is 5.77. The highest BCUT2D eigenvalue weighted by atomic mass is 35.5. The number of aromatic nitrogens is 2. The van der Waals surface area contributed by atoms with Gasteiger partial charge in [-0.15, -0.1) is 12.4 Å². The summed E-state index contributed by atoms with van der Waals surface area (Å²) < 4.78 is 5.41. The molecule has 1 aromatic heterocycles. The molecule has 130 valence electrons. The number of hydrogen-bond acceptors (Lipinski definition) is 6. The Bertz CT molecular complexity index is 665. The van der Waals surface area contributed by atoms with E-state index in [1.807, 2.05) is 11.8 Å². The zero-order chi connectivity index (χ0) is 15.7. The Morgan fingerprint density at radius 3 is 2.50 bits per heavy atom. The van der Waals surface area contributed by atoms with Crippen molar-refractivity contribution >= 4 is 24.2 Å². The maximum Gasteiger partial charge on any atom is 0.257 e. The molecule has 0 amide bonds. The molecule has 2 aromatic rings. The fraction of sp³-hybridized carbons (Fsp3) is 0.529. The Hall–Kier alpha value is -1.08. The number of thioether (sulfide) groups is 1. The number of hydrogen-bond donors (Lipinski definition) is 1. The summed E-state index contributed by atoms with van der Waals surface area (Å²) in [5.74, 6) is 3.69. The van der Waals surface area contributed by atoms with Gasteiger partial charge in [0.05, 0.1) is 5.54 Å². The van der Waals surface area contributed by atoms with Gasteiger partial charge in [-0.2, -0.15) is 16.7 Å². The summed E-state index contributed by atoms with van der Waals surface area (Å²) in [5.41, 5.74) is 8.18. The van der Waals surface area contributed by atoms with Crippen LogP contribution in [-0.2, 0) is 12.1 Å². The average Bonchev–Trinajstić information content (AvgIpc) is 3.05. The van der Waals surface area contributed by atoms with Crippen LogP contribution < -0.4 is 5.73 Å². The molecule has 7 heteroatoms. The summed E-state index contributed by atoms with van der Waals surface area (Å²) in [6, 6.07) is 8.44. The minimum atomic E-state index is -0.367. The third kappa shape index (κ3) is 3.61. The molecule has 0 unspecified atom stereocenters. The average molecular weight is 367 g/mol. The molecule has 4 rings (SSSR count). The molecule has 0 atom stereocenters. The van der Waals surface area contributed by atoms with Crippen molar-refractivity contribution in [2.24, 2.45) is 5.73 Å². The highest BCUT2D eigenvalue weighted by molar-refractivity contribution is 7.99. The van der Waals surface area contributed by atoms with E-state index in [1.54, 1.807) is 0 Å². The number of nitrogens with zero attached hydrogens (tertiary/aromatic N) is 3. The van der Waals surface area contributed by atoms with Crippen LogP contribution in [0.5, 0.6) is 0 Å². The first-order chi connectivity index (χ1) is 11.2. The smallest absolute Gasteiger partial charge is 0.257 e. The molecular weight excluding hydrogens is 344 g/mol. The van der Waals surface area contributed by atoms with Crippen LogP contribution in [0.4, 0.5) is 0 Å². The first kappa shape index (κ1) is 17.7. The molecule has 2 N–H and O–H groups in total. The second-order valence-corrected chi connectivity index (χ2v) is 7.74. The lowest BCUT2D eigenvalue weighted by atomic mass is 9.77. The van der Waals surface area contributed by atoms with Crippen LogP contribution in [0.15, 0.2) is 28.8 Å². The lowest BCUT2D eigenvalue weighted by Gasteiger charge is -2.34. The van der Waals surface area contributed by atoms with Gasteiger partial charge >= 0.3 is 0 Å². The summed E-state index contributed by atoms with van der Waals surface area (Å²) in [7, 11) is 0. The fourth-order valence-electron chi connectivity index (χ4n) is 3.09. The molecule has 1 aromatic carbocycles. The molecule has 1 aliphatic carbocycles. The highest BCUT2D eigenvalue weighted by Gasteiger charge is 2.39. The van der Waals surface area contributed by atoms with Gasteiger partial charge < -0.3 is 10.3 Å². The normalized spacial score (nSPS) is 20.2. The maximum absolute atomic E-state index is 6.25. The van der Waals surface area contributed by atoms with E-state index in [1.165, 1.54) is 30.2 Å². The predicted molar refractivity (Wildman–Crippen MR) is 99.3 cm³/mol. The van der Waals surface area contributed by atoms with Crippen LogP contribution in [-0.4, -0.2) is 39.6 Å². The SMILES string of the molecule is Cl.NC1(c2noc(-c3ccc(CN4CCSCC4)cc3)n2)CCC1. The number of rotatable bonds is 4. The quantitative estimate of drug-likeness (QED) is 0.896. The molecule has 2 aliphatic rings. The molecule has 0 radical (unpaired) electrons. The van der Waals surface area contributed by atoms with E-state index in [2.05, 4.69) is 39.3 Å². The van der Waals surface area contributed by atoms with Gasteiger partial charge in [-0.3, -0.25) is 4.90 Å². The van der Waals surface area contributed by atoms with E-state index in [9.17, 15) is 0 Å². The Labute approximate surface area is 152 Å². The number of nitrogens with two attached hydrogens (primary N) is 1. The van der Waals surface area contributed by atoms with E-state index in [0.29, 0.717) is 11.7 Å². The van der Waals surface area contributed by atoms with Gasteiger partial charge in [-0.05, 0) is 37.0 Å². The minimum absolute atomic E-state index is 0. The van der Waals surface area contributed by atoms with Crippen LogP contribution in [0.2, 0.25) is 0 Å². The first-order valence-corrected chi connectivity index (χ1v) is 9.41. The predicted octanol–water partition coefficient (Wildman–Crippen LogP) is 3.05. The second kappa shape index (κ2) is 7.44. The lowest BCUT2D eigenvalue weighted by molar-refractivity contribution is 0.229. The fourth-order valence-corrected chi connectivity index (χ4v) is 4.07. The van der Waals surface area contributed by atoms with Crippen LogP contribution >= 0.6 is 24.2 Å². The lowest BCUT2D eigenvalue weighted by Crippen LogP contribution is -2.44. The van der Waals surface area contributed by atoms with Crippen molar-refractivity contribution in [3.8, 4) is 11.5 Å². The van der Waals surface area contributed by atoms with Gasteiger partial charge in [-0.1, -0.05) is 17.3 Å². The molecule has 5 nitrogen and oxygen atoms in total. The summed E-state index contributed by atoms with van der Waals surface area (Å²) in [5, 5.41) is 4.08. The number of halogens is 1. The molecule has 24 heavy (non-hydrogen) atoms. The molecule has 1 saturated carbocycles. The molecule has 1 saturated heterocycles. The van der Waals surface area contributed by atoms with Gasteiger partial charge in [0, 0.05) is 36.7 Å². The zero-order valence-corrected chi connectivity index (χ0v) is 15.2. The van der Waals surface area contributed by atoms with E-state index < -0.39 is 0 Å². The molecule has 0 bridgehead atoms. The van der Waals surface area contributed by atoms with E-state index in [0.717, 1.165) is 31.4 Å². The molecule has 1 aliphatic heterocycles. The third-order valence-electron chi connectivity index (χ3n) is 4.83. The molecule has 2 fully saturated rings. The Morgan fingerprint density at radius 2 is 1.88 bits per heavy atom. The standard InChI is InChI=1S/C17H22N4OS.ClH/c18-17(6-1-7-17)16-19-15(22-20-16)14-4-2-13(3-5-14)12-21-8-10-23-11-9-21;/h2-5H,1,6-12,18H2;1H. The Kier molecular flexibility index (Phi) is 5.49. The van der Waals surface area contributed by atoms with Gasteiger partial charge in [0.15, 0.2) is 5.82 Å². The van der Waals surface area contributed by atoms with E-state index in [-0.39, 0.29) is 17.9 Å². The summed E-state index contributed by atoms with van der Waals surface area (Å²) in [4.78, 5) is 7.01. The second-order valence-electron chi connectivity index (χ2n) is 6.52. The van der Waals surface area contributed by atoms with Crippen LogP contribution in [0, 0.1) is 0 Å². The van der Waals surface area contributed by atoms with Crippen molar-refractivity contribution in [2.75, 3.05) is 24.6 Å². The maximum atomic E-state index is 6.25. The minimum Gasteiger partial charge on any atom is -0.334 e. The van der Waals surface area contributed by atoms with Gasteiger partial charge in [0.1, 0.15) is 0 Å². The van der Waals surface area contributed by atoms with Crippen molar-refractivity contribution in [3.63, 3.8) is 0 Å². The topological polar surface area (TPSA) is 68.2 Å². The summed E-state index contributed by atoms with van der Waals surface area (Å²) in [6.07, 6.45) is 3.03. The van der Waals surface area contributed by atoms with Crippen molar-refractivity contribution in [2.45, 2.75) is 31.3 Å². The zero-order valence-electron chi connectivity index (χ0n) is 13.6. The first-order valence-electron chi connectivity index (χ1n) is 8.25. The monoisotopic (exact) mass is 366 g/mol. The van der Waals surface area contributed by atoms with Crippen LogP contribution in [0.3, 0.4) is 0 Å².